The Kier molecular flexibility index (Phi) is 6.34. The lowest BCUT2D eigenvalue weighted by Crippen LogP contribution is -2.39. The average molecular weight is 276 g/mol. The van der Waals surface area contributed by atoms with Gasteiger partial charge < -0.3 is 15.0 Å². The molecular formula is C17H28N2O. The Morgan fingerprint density at radius 2 is 2.05 bits per heavy atom. The molecule has 1 N–H and O–H groups in total. The molecule has 3 heteroatoms. The van der Waals surface area contributed by atoms with Gasteiger partial charge in [-0.15, -0.1) is 0 Å². The maximum Gasteiger partial charge on any atom is 0.0641 e. The van der Waals surface area contributed by atoms with Gasteiger partial charge in [-0.2, -0.15) is 0 Å². The normalized spacial score (nSPS) is 18.7. The first-order valence-electron chi connectivity index (χ1n) is 7.99. The molecule has 0 radical (unpaired) electrons. The van der Waals surface area contributed by atoms with E-state index in [0.29, 0.717) is 6.04 Å². The van der Waals surface area contributed by atoms with E-state index in [9.17, 15) is 0 Å². The highest BCUT2D eigenvalue weighted by Crippen LogP contribution is 2.23. The van der Waals surface area contributed by atoms with Crippen LogP contribution in [-0.4, -0.2) is 32.3 Å². The highest BCUT2D eigenvalue weighted by atomic mass is 16.5. The fraction of sp³-hybridized carbons (Fsp3) is 0.647. The van der Waals surface area contributed by atoms with Gasteiger partial charge in [-0.05, 0) is 24.5 Å². The SMILES string of the molecule is CCCOCCN1CC(CCC)NCc2ccccc21. The summed E-state index contributed by atoms with van der Waals surface area (Å²) in [6.07, 6.45) is 3.56. The molecule has 20 heavy (non-hydrogen) atoms. The van der Waals surface area contributed by atoms with E-state index >= 15 is 0 Å². The second-order valence-corrected chi connectivity index (χ2v) is 5.55. The number of hydrogen-bond acceptors (Lipinski definition) is 3. The van der Waals surface area contributed by atoms with Crippen LogP contribution in [0.25, 0.3) is 0 Å². The van der Waals surface area contributed by atoms with Crippen molar-refractivity contribution in [3.05, 3.63) is 29.8 Å². The van der Waals surface area contributed by atoms with E-state index in [4.69, 9.17) is 4.74 Å². The first kappa shape index (κ1) is 15.3. The zero-order chi connectivity index (χ0) is 14.2. The Morgan fingerprint density at radius 3 is 2.85 bits per heavy atom. The first-order chi connectivity index (χ1) is 9.85. The van der Waals surface area contributed by atoms with Crippen LogP contribution in [0.2, 0.25) is 0 Å². The van der Waals surface area contributed by atoms with Gasteiger partial charge in [-0.3, -0.25) is 0 Å². The van der Waals surface area contributed by atoms with Crippen molar-refractivity contribution in [1.82, 2.24) is 5.32 Å². The number of nitrogens with one attached hydrogen (secondary N) is 1. The molecule has 1 aliphatic heterocycles. The minimum absolute atomic E-state index is 0.582. The van der Waals surface area contributed by atoms with Gasteiger partial charge >= 0.3 is 0 Å². The van der Waals surface area contributed by atoms with Crippen molar-refractivity contribution in [3.63, 3.8) is 0 Å². The van der Waals surface area contributed by atoms with Crippen LogP contribution in [0.5, 0.6) is 0 Å². The number of ether oxygens (including phenoxy) is 1. The molecule has 0 saturated carbocycles. The van der Waals surface area contributed by atoms with Gasteiger partial charge in [0.2, 0.25) is 0 Å². The number of rotatable bonds is 7. The molecule has 1 aliphatic rings. The smallest absolute Gasteiger partial charge is 0.0641 e. The van der Waals surface area contributed by atoms with E-state index in [1.54, 1.807) is 0 Å². The van der Waals surface area contributed by atoms with E-state index < -0.39 is 0 Å². The van der Waals surface area contributed by atoms with Crippen molar-refractivity contribution in [3.8, 4) is 0 Å². The Labute approximate surface area is 123 Å². The number of para-hydroxylation sites is 1. The molecule has 1 unspecified atom stereocenters. The van der Waals surface area contributed by atoms with Crippen LogP contribution in [0.15, 0.2) is 24.3 Å². The van der Waals surface area contributed by atoms with Crippen LogP contribution >= 0.6 is 0 Å². The third-order valence-corrected chi connectivity index (χ3v) is 3.85. The number of anilines is 1. The Hall–Kier alpha value is -1.06. The summed E-state index contributed by atoms with van der Waals surface area (Å²) in [5.74, 6) is 0. The molecule has 1 atom stereocenters. The van der Waals surface area contributed by atoms with Crippen LogP contribution in [0.3, 0.4) is 0 Å². The maximum absolute atomic E-state index is 5.67. The molecule has 1 heterocycles. The van der Waals surface area contributed by atoms with Crippen molar-refractivity contribution >= 4 is 5.69 Å². The van der Waals surface area contributed by atoms with E-state index in [-0.39, 0.29) is 0 Å². The predicted octanol–water partition coefficient (Wildman–Crippen LogP) is 3.19. The molecular weight excluding hydrogens is 248 g/mol. The van der Waals surface area contributed by atoms with E-state index in [0.717, 1.165) is 39.3 Å². The summed E-state index contributed by atoms with van der Waals surface area (Å²) >= 11 is 0. The topological polar surface area (TPSA) is 24.5 Å². The van der Waals surface area contributed by atoms with Crippen molar-refractivity contribution in [1.29, 1.82) is 0 Å². The van der Waals surface area contributed by atoms with Gasteiger partial charge in [0, 0.05) is 38.0 Å². The van der Waals surface area contributed by atoms with Crippen molar-refractivity contribution in [2.75, 3.05) is 31.2 Å². The zero-order valence-corrected chi connectivity index (χ0v) is 12.9. The summed E-state index contributed by atoms with van der Waals surface area (Å²) < 4.78 is 5.67. The molecule has 0 spiro atoms. The second-order valence-electron chi connectivity index (χ2n) is 5.55. The lowest BCUT2D eigenvalue weighted by Gasteiger charge is -2.27. The maximum atomic E-state index is 5.67. The zero-order valence-electron chi connectivity index (χ0n) is 12.9. The molecule has 2 rings (SSSR count). The van der Waals surface area contributed by atoms with Crippen molar-refractivity contribution in [2.24, 2.45) is 0 Å². The third kappa shape index (κ3) is 4.22. The molecule has 1 aromatic rings. The summed E-state index contributed by atoms with van der Waals surface area (Å²) in [7, 11) is 0. The molecule has 3 nitrogen and oxygen atoms in total. The molecule has 0 aliphatic carbocycles. The minimum Gasteiger partial charge on any atom is -0.380 e. The Balaban J connectivity index is 2.03. The third-order valence-electron chi connectivity index (χ3n) is 3.85. The summed E-state index contributed by atoms with van der Waals surface area (Å²) in [5, 5.41) is 3.69. The van der Waals surface area contributed by atoms with Gasteiger partial charge in [0.15, 0.2) is 0 Å². The highest BCUT2D eigenvalue weighted by molar-refractivity contribution is 5.54. The number of nitrogens with zero attached hydrogens (tertiary/aromatic N) is 1. The average Bonchev–Trinajstić information content (AvgIpc) is 2.65. The fourth-order valence-corrected chi connectivity index (χ4v) is 2.83. The Morgan fingerprint density at radius 1 is 1.20 bits per heavy atom. The van der Waals surface area contributed by atoms with Crippen LogP contribution < -0.4 is 10.2 Å². The van der Waals surface area contributed by atoms with Crippen molar-refractivity contribution < 1.29 is 4.74 Å². The summed E-state index contributed by atoms with van der Waals surface area (Å²) in [4.78, 5) is 2.49. The summed E-state index contributed by atoms with van der Waals surface area (Å²) in [6, 6.07) is 9.33. The van der Waals surface area contributed by atoms with E-state index in [1.165, 1.54) is 24.1 Å². The molecule has 0 aromatic heterocycles. The van der Waals surface area contributed by atoms with Gasteiger partial charge in [0.05, 0.1) is 6.61 Å². The predicted molar refractivity (Wildman–Crippen MR) is 85.3 cm³/mol. The van der Waals surface area contributed by atoms with E-state index in [1.807, 2.05) is 0 Å². The van der Waals surface area contributed by atoms with Gasteiger partial charge in [-0.25, -0.2) is 0 Å². The molecule has 112 valence electrons. The monoisotopic (exact) mass is 276 g/mol. The minimum atomic E-state index is 0.582. The quantitative estimate of drug-likeness (QED) is 0.774. The van der Waals surface area contributed by atoms with Crippen LogP contribution in [-0.2, 0) is 11.3 Å². The standard InChI is InChI=1S/C17H28N2O/c1-3-7-16-14-19(10-12-20-11-4-2)17-9-6-5-8-15(17)13-18-16/h5-6,8-9,16,18H,3-4,7,10-14H2,1-2H3. The summed E-state index contributed by atoms with van der Waals surface area (Å²) in [6.45, 7) is 9.15. The van der Waals surface area contributed by atoms with Crippen LogP contribution in [0, 0.1) is 0 Å². The number of benzene rings is 1. The van der Waals surface area contributed by atoms with Gasteiger partial charge in [-0.1, -0.05) is 38.5 Å². The van der Waals surface area contributed by atoms with E-state index in [2.05, 4.69) is 48.3 Å². The Bertz CT molecular complexity index is 394. The van der Waals surface area contributed by atoms with Crippen molar-refractivity contribution in [2.45, 2.75) is 45.7 Å². The summed E-state index contributed by atoms with van der Waals surface area (Å²) in [5.41, 5.74) is 2.78. The molecule has 0 fully saturated rings. The lowest BCUT2D eigenvalue weighted by atomic mass is 10.1. The highest BCUT2D eigenvalue weighted by Gasteiger charge is 2.20. The fourth-order valence-electron chi connectivity index (χ4n) is 2.83. The molecule has 0 bridgehead atoms. The molecule has 1 aromatic carbocycles. The number of hydrogen-bond donors (Lipinski definition) is 1. The molecule has 0 amide bonds. The molecule has 0 saturated heterocycles. The van der Waals surface area contributed by atoms with Gasteiger partial charge in [0.1, 0.15) is 0 Å². The first-order valence-corrected chi connectivity index (χ1v) is 7.99. The largest absolute Gasteiger partial charge is 0.380 e. The van der Waals surface area contributed by atoms with Crippen LogP contribution in [0.4, 0.5) is 5.69 Å². The van der Waals surface area contributed by atoms with Gasteiger partial charge in [0.25, 0.3) is 0 Å². The second kappa shape index (κ2) is 8.28. The number of fused-ring (bicyclic) bond motifs is 1. The lowest BCUT2D eigenvalue weighted by molar-refractivity contribution is 0.140. The van der Waals surface area contributed by atoms with Crippen LogP contribution in [0.1, 0.15) is 38.7 Å².